The Morgan fingerprint density at radius 1 is 1.64 bits per heavy atom. The van der Waals surface area contributed by atoms with Crippen LogP contribution in [0, 0.1) is 5.92 Å². The molecule has 0 aliphatic heterocycles. The van der Waals surface area contributed by atoms with E-state index in [1.807, 2.05) is 0 Å². The van der Waals surface area contributed by atoms with E-state index in [1.54, 1.807) is 6.08 Å². The molecule has 0 radical (unpaired) electrons. The number of rotatable bonds is 8. The van der Waals surface area contributed by atoms with Gasteiger partial charge in [-0.25, -0.2) is 0 Å². The molecule has 0 aliphatic carbocycles. The molecule has 0 unspecified atom stereocenters. The molecular formula is C10H19N3O. The van der Waals surface area contributed by atoms with Crippen molar-refractivity contribution < 1.29 is 5.11 Å². The van der Waals surface area contributed by atoms with Crippen molar-refractivity contribution in [2.24, 2.45) is 11.0 Å². The average molecular weight is 197 g/mol. The molecule has 0 saturated carbocycles. The highest BCUT2D eigenvalue weighted by Gasteiger charge is 2.14. The predicted octanol–water partition coefficient (Wildman–Crippen LogP) is 3.04. The van der Waals surface area contributed by atoms with Crippen LogP contribution in [0.4, 0.5) is 0 Å². The Morgan fingerprint density at radius 3 is 2.86 bits per heavy atom. The third kappa shape index (κ3) is 5.62. The number of azide groups is 1. The third-order valence-electron chi connectivity index (χ3n) is 2.37. The zero-order chi connectivity index (χ0) is 10.8. The minimum atomic E-state index is -0.302. The van der Waals surface area contributed by atoms with Gasteiger partial charge in [-0.1, -0.05) is 24.5 Å². The first-order valence-electron chi connectivity index (χ1n) is 5.06. The molecule has 0 aromatic rings. The van der Waals surface area contributed by atoms with Gasteiger partial charge in [0.25, 0.3) is 0 Å². The molecule has 0 fully saturated rings. The number of nitrogens with zero attached hydrogens (tertiary/aromatic N) is 3. The number of aliphatic hydroxyl groups excluding tert-OH is 1. The molecule has 1 N–H and O–H groups in total. The number of hydrogen-bond donors (Lipinski definition) is 1. The molecule has 80 valence electrons. The van der Waals surface area contributed by atoms with Gasteiger partial charge in [-0.05, 0) is 30.7 Å². The lowest BCUT2D eigenvalue weighted by Gasteiger charge is -2.19. The fraction of sp³-hybridized carbons (Fsp3) is 0.800. The van der Waals surface area contributed by atoms with Crippen molar-refractivity contribution in [3.8, 4) is 0 Å². The van der Waals surface area contributed by atoms with Gasteiger partial charge in [0.05, 0.1) is 6.10 Å². The zero-order valence-corrected chi connectivity index (χ0v) is 8.76. The molecule has 0 amide bonds. The van der Waals surface area contributed by atoms with Gasteiger partial charge in [-0.3, -0.25) is 0 Å². The van der Waals surface area contributed by atoms with Crippen molar-refractivity contribution in [3.05, 3.63) is 23.1 Å². The van der Waals surface area contributed by atoms with Crippen LogP contribution in [0.3, 0.4) is 0 Å². The second-order valence-electron chi connectivity index (χ2n) is 3.36. The second kappa shape index (κ2) is 8.60. The van der Waals surface area contributed by atoms with E-state index in [9.17, 15) is 5.11 Å². The lowest BCUT2D eigenvalue weighted by Crippen LogP contribution is -2.19. The standard InChI is InChI=1S/C10H19N3O/c1-3-6-10(14)9(4-2)7-5-8-12-13-11/h3,9-10,14H,1,4-8H2,2H3/t9-,10-/m1/s1. The fourth-order valence-corrected chi connectivity index (χ4v) is 1.50. The summed E-state index contributed by atoms with van der Waals surface area (Å²) < 4.78 is 0. The van der Waals surface area contributed by atoms with Gasteiger partial charge < -0.3 is 5.11 Å². The fourth-order valence-electron chi connectivity index (χ4n) is 1.50. The van der Waals surface area contributed by atoms with Gasteiger partial charge in [0, 0.05) is 11.5 Å². The minimum Gasteiger partial charge on any atom is -0.393 e. The molecule has 4 heteroatoms. The first-order valence-corrected chi connectivity index (χ1v) is 5.06. The van der Waals surface area contributed by atoms with Gasteiger partial charge in [-0.15, -0.1) is 6.58 Å². The van der Waals surface area contributed by atoms with Crippen LogP contribution >= 0.6 is 0 Å². The minimum absolute atomic E-state index is 0.293. The normalized spacial score (nSPS) is 14.1. The summed E-state index contributed by atoms with van der Waals surface area (Å²) in [5, 5.41) is 13.2. The quantitative estimate of drug-likeness (QED) is 0.210. The van der Waals surface area contributed by atoms with Gasteiger partial charge >= 0.3 is 0 Å². The summed E-state index contributed by atoms with van der Waals surface area (Å²) >= 11 is 0. The monoisotopic (exact) mass is 197 g/mol. The molecule has 2 atom stereocenters. The van der Waals surface area contributed by atoms with Crippen molar-refractivity contribution in [2.75, 3.05) is 6.54 Å². The van der Waals surface area contributed by atoms with Gasteiger partial charge in [-0.2, -0.15) is 0 Å². The predicted molar refractivity (Wildman–Crippen MR) is 57.8 cm³/mol. The summed E-state index contributed by atoms with van der Waals surface area (Å²) in [4.78, 5) is 2.69. The third-order valence-corrected chi connectivity index (χ3v) is 2.37. The molecule has 0 heterocycles. The lowest BCUT2D eigenvalue weighted by atomic mass is 9.92. The summed E-state index contributed by atoms with van der Waals surface area (Å²) in [5.74, 6) is 0.293. The highest BCUT2D eigenvalue weighted by atomic mass is 16.3. The molecular weight excluding hydrogens is 178 g/mol. The Hall–Kier alpha value is -0.990. The summed E-state index contributed by atoms with van der Waals surface area (Å²) in [6.45, 7) is 6.18. The molecule has 0 aromatic carbocycles. The van der Waals surface area contributed by atoms with E-state index >= 15 is 0 Å². The Labute approximate surface area is 85.3 Å². The van der Waals surface area contributed by atoms with Crippen molar-refractivity contribution in [1.29, 1.82) is 0 Å². The van der Waals surface area contributed by atoms with Gasteiger partial charge in [0.2, 0.25) is 0 Å². The van der Waals surface area contributed by atoms with E-state index in [1.165, 1.54) is 0 Å². The van der Waals surface area contributed by atoms with Crippen LogP contribution in [0.5, 0.6) is 0 Å². The lowest BCUT2D eigenvalue weighted by molar-refractivity contribution is 0.102. The molecule has 0 rings (SSSR count). The van der Waals surface area contributed by atoms with Crippen molar-refractivity contribution in [3.63, 3.8) is 0 Å². The molecule has 14 heavy (non-hydrogen) atoms. The maximum atomic E-state index is 9.69. The second-order valence-corrected chi connectivity index (χ2v) is 3.36. The average Bonchev–Trinajstić information content (AvgIpc) is 2.18. The topological polar surface area (TPSA) is 69.0 Å². The van der Waals surface area contributed by atoms with E-state index < -0.39 is 0 Å². The van der Waals surface area contributed by atoms with Crippen LogP contribution in [-0.2, 0) is 0 Å². The van der Waals surface area contributed by atoms with E-state index in [0.717, 1.165) is 19.3 Å². The Kier molecular flexibility index (Phi) is 7.99. The van der Waals surface area contributed by atoms with Crippen molar-refractivity contribution in [1.82, 2.24) is 0 Å². The van der Waals surface area contributed by atoms with E-state index in [0.29, 0.717) is 18.9 Å². The van der Waals surface area contributed by atoms with Crippen LogP contribution in [0.25, 0.3) is 10.4 Å². The van der Waals surface area contributed by atoms with Crippen LogP contribution in [-0.4, -0.2) is 17.8 Å². The van der Waals surface area contributed by atoms with Gasteiger partial charge in [0.1, 0.15) is 0 Å². The summed E-state index contributed by atoms with van der Waals surface area (Å²) in [6.07, 6.45) is 4.77. The summed E-state index contributed by atoms with van der Waals surface area (Å²) in [5.41, 5.74) is 8.08. The van der Waals surface area contributed by atoms with Crippen molar-refractivity contribution in [2.45, 2.75) is 38.7 Å². The molecule has 0 bridgehead atoms. The highest BCUT2D eigenvalue weighted by molar-refractivity contribution is 4.77. The Morgan fingerprint density at radius 2 is 2.36 bits per heavy atom. The number of aliphatic hydroxyl groups is 1. The van der Waals surface area contributed by atoms with Gasteiger partial charge in [0.15, 0.2) is 0 Å². The highest BCUT2D eigenvalue weighted by Crippen LogP contribution is 2.18. The molecule has 0 aliphatic rings. The SMILES string of the molecule is C=CC[C@@H](O)[C@H](CC)CCCN=[N+]=[N-]. The molecule has 4 nitrogen and oxygen atoms in total. The molecule has 0 saturated heterocycles. The maximum absolute atomic E-state index is 9.69. The largest absolute Gasteiger partial charge is 0.393 e. The van der Waals surface area contributed by atoms with Crippen LogP contribution in [0.1, 0.15) is 32.6 Å². The van der Waals surface area contributed by atoms with Crippen molar-refractivity contribution >= 4 is 0 Å². The molecule has 0 aromatic heterocycles. The smallest absolute Gasteiger partial charge is 0.0602 e. The van der Waals surface area contributed by atoms with E-state index in [-0.39, 0.29) is 6.10 Å². The first kappa shape index (κ1) is 13.0. The van der Waals surface area contributed by atoms with E-state index in [4.69, 9.17) is 5.53 Å². The zero-order valence-electron chi connectivity index (χ0n) is 8.76. The first-order chi connectivity index (χ1) is 6.76. The Balaban J connectivity index is 3.76. The maximum Gasteiger partial charge on any atom is 0.0602 e. The van der Waals surface area contributed by atoms with Crippen LogP contribution < -0.4 is 0 Å². The van der Waals surface area contributed by atoms with Crippen LogP contribution in [0.15, 0.2) is 17.8 Å². The summed E-state index contributed by atoms with van der Waals surface area (Å²) in [6, 6.07) is 0. The van der Waals surface area contributed by atoms with Crippen LogP contribution in [0.2, 0.25) is 0 Å². The molecule has 0 spiro atoms. The van der Waals surface area contributed by atoms with E-state index in [2.05, 4.69) is 23.5 Å². The number of hydrogen-bond acceptors (Lipinski definition) is 2. The summed E-state index contributed by atoms with van der Waals surface area (Å²) in [7, 11) is 0. The Bertz CT molecular complexity index is 200.